The van der Waals surface area contributed by atoms with E-state index >= 15 is 0 Å². The summed E-state index contributed by atoms with van der Waals surface area (Å²) in [4.78, 5) is 9.44. The molecule has 0 saturated carbocycles. The summed E-state index contributed by atoms with van der Waals surface area (Å²) in [6.45, 7) is 2.16. The zero-order valence-electron chi connectivity index (χ0n) is 29.8. The van der Waals surface area contributed by atoms with Crippen LogP contribution in [0.25, 0.3) is 83.7 Å². The van der Waals surface area contributed by atoms with Gasteiger partial charge in [0.15, 0.2) is 0 Å². The molecule has 55 heavy (non-hydrogen) atoms. The van der Waals surface area contributed by atoms with Crippen molar-refractivity contribution in [2.24, 2.45) is 0 Å². The molecule has 267 valence electrons. The average molecular weight is 888 g/mol. The van der Waals surface area contributed by atoms with Crippen LogP contribution < -0.4 is 0 Å². The van der Waals surface area contributed by atoms with E-state index in [-0.39, 0.29) is 20.1 Å². The summed E-state index contributed by atoms with van der Waals surface area (Å²) in [6.07, 6.45) is 8.45. The van der Waals surface area contributed by atoms with Gasteiger partial charge in [-0.2, -0.15) is 0 Å². The fourth-order valence-electron chi connectivity index (χ4n) is 6.94. The fourth-order valence-corrected chi connectivity index (χ4v) is 6.94. The standard InChI is InChI=1S/C38H25N2O2.C11H8N.Ir/c1-25-20-30(26-10-4-2-5-11-26)37(31(21-25)27-12-6-3-7-13-27)40-35-15-9-8-14-34(35)39-38(40)33-24-42-36-17-16-28(22-32(33)36)29-18-19-41-23-29;1-2-6-10(7-3-1)11-8-4-5-9-12-11;/h2-23H,1H3;1-6,8-9H;/q2*-1;. The van der Waals surface area contributed by atoms with Crippen LogP contribution in [-0.4, -0.2) is 14.5 Å². The van der Waals surface area contributed by atoms with Crippen molar-refractivity contribution in [3.05, 3.63) is 200 Å². The van der Waals surface area contributed by atoms with Crippen LogP contribution in [0.3, 0.4) is 0 Å². The summed E-state index contributed by atoms with van der Waals surface area (Å²) in [6, 6.07) is 58.9. The molecule has 0 fully saturated rings. The van der Waals surface area contributed by atoms with Crippen LogP contribution in [0.4, 0.5) is 0 Å². The molecule has 1 radical (unpaired) electrons. The first kappa shape index (κ1) is 35.4. The number of imidazole rings is 1. The van der Waals surface area contributed by atoms with Gasteiger partial charge in [0.25, 0.3) is 0 Å². The average Bonchev–Trinajstić information content (AvgIpc) is 4.02. The normalized spacial score (nSPS) is 10.9. The Morgan fingerprint density at radius 2 is 1.35 bits per heavy atom. The van der Waals surface area contributed by atoms with Gasteiger partial charge in [-0.25, -0.2) is 0 Å². The molecule has 0 aliphatic heterocycles. The van der Waals surface area contributed by atoms with E-state index in [0.29, 0.717) is 0 Å². The van der Waals surface area contributed by atoms with Gasteiger partial charge < -0.3 is 18.4 Å². The number of aryl methyl sites for hydroxylation is 1. The Hall–Kier alpha value is -6.59. The Morgan fingerprint density at radius 3 is 2.02 bits per heavy atom. The number of furan rings is 2. The number of pyridine rings is 1. The number of hydrogen-bond donors (Lipinski definition) is 0. The second-order valence-electron chi connectivity index (χ2n) is 13.0. The molecule has 0 bridgehead atoms. The number of nitrogens with zero attached hydrogens (tertiary/aromatic N) is 3. The van der Waals surface area contributed by atoms with Crippen LogP contribution in [0.15, 0.2) is 191 Å². The quantitative estimate of drug-likeness (QED) is 0.156. The van der Waals surface area contributed by atoms with Gasteiger partial charge in [-0.1, -0.05) is 114 Å². The van der Waals surface area contributed by atoms with E-state index in [9.17, 15) is 0 Å². The topological polar surface area (TPSA) is 57.0 Å². The van der Waals surface area contributed by atoms with Crippen LogP contribution in [0, 0.1) is 19.3 Å². The molecular weight excluding hydrogens is 855 g/mol. The molecule has 6 heteroatoms. The number of aromatic nitrogens is 3. The van der Waals surface area contributed by atoms with Crippen molar-refractivity contribution in [1.29, 1.82) is 0 Å². The fraction of sp³-hybridized carbons (Fsp3) is 0.0204. The van der Waals surface area contributed by atoms with Crippen molar-refractivity contribution >= 4 is 22.0 Å². The van der Waals surface area contributed by atoms with Crippen LogP contribution in [0.5, 0.6) is 0 Å². The number of fused-ring (bicyclic) bond motifs is 2. The molecule has 6 aromatic carbocycles. The first-order valence-electron chi connectivity index (χ1n) is 17.8. The summed E-state index contributed by atoms with van der Waals surface area (Å²) in [5.41, 5.74) is 14.3. The number of hydrogen-bond acceptors (Lipinski definition) is 4. The largest absolute Gasteiger partial charge is 0.557 e. The van der Waals surface area contributed by atoms with E-state index in [1.54, 1.807) is 18.7 Å². The third-order valence-corrected chi connectivity index (χ3v) is 9.45. The predicted molar refractivity (Wildman–Crippen MR) is 217 cm³/mol. The van der Waals surface area contributed by atoms with Crippen molar-refractivity contribution < 1.29 is 28.9 Å². The van der Waals surface area contributed by atoms with E-state index in [4.69, 9.17) is 13.8 Å². The SMILES string of the molecule is Cc1cc(-c2ccccc2)c(-n2c(-c3[c-]oc4ccc(-c5ccoc5)cc34)nc3ccccc32)c(-c2ccccc2)c1.[Ir].[c-]1ccccc1-c1ccccn1. The monoisotopic (exact) mass is 888 g/mol. The second-order valence-corrected chi connectivity index (χ2v) is 13.0. The summed E-state index contributed by atoms with van der Waals surface area (Å²) < 4.78 is 13.7. The molecular formula is C49H33IrN3O2-2. The smallest absolute Gasteiger partial charge is 0.0980 e. The first-order valence-corrected chi connectivity index (χ1v) is 17.8. The van der Waals surface area contributed by atoms with E-state index in [1.807, 2.05) is 66.7 Å². The maximum absolute atomic E-state index is 6.01. The second kappa shape index (κ2) is 15.8. The van der Waals surface area contributed by atoms with E-state index in [1.165, 1.54) is 5.56 Å². The van der Waals surface area contributed by atoms with Gasteiger partial charge in [-0.3, -0.25) is 4.98 Å². The maximum atomic E-state index is 6.01. The summed E-state index contributed by atoms with van der Waals surface area (Å²) in [7, 11) is 0. The van der Waals surface area contributed by atoms with Gasteiger partial charge >= 0.3 is 0 Å². The van der Waals surface area contributed by atoms with Crippen LogP contribution in [0.2, 0.25) is 0 Å². The van der Waals surface area contributed by atoms with Crippen molar-refractivity contribution in [3.8, 4) is 61.7 Å². The van der Waals surface area contributed by atoms with Crippen molar-refractivity contribution in [1.82, 2.24) is 14.5 Å². The molecule has 0 N–H and O–H groups in total. The Kier molecular flexibility index (Phi) is 10.2. The molecule has 10 rings (SSSR count). The zero-order valence-corrected chi connectivity index (χ0v) is 32.2. The molecule has 0 aliphatic rings. The molecule has 4 heterocycles. The molecule has 0 atom stereocenters. The zero-order chi connectivity index (χ0) is 36.3. The maximum Gasteiger partial charge on any atom is 0.0980 e. The van der Waals surface area contributed by atoms with Crippen molar-refractivity contribution in [2.75, 3.05) is 0 Å². The Balaban J connectivity index is 0.000000280. The summed E-state index contributed by atoms with van der Waals surface area (Å²) in [5, 5.41) is 0.944. The molecule has 0 unspecified atom stereocenters. The number of rotatable bonds is 6. The van der Waals surface area contributed by atoms with Crippen molar-refractivity contribution in [3.63, 3.8) is 0 Å². The number of para-hydroxylation sites is 2. The molecule has 0 spiro atoms. The summed E-state index contributed by atoms with van der Waals surface area (Å²) in [5.74, 6) is 0.775. The molecule has 0 aliphatic carbocycles. The van der Waals surface area contributed by atoms with E-state index in [0.717, 1.165) is 83.7 Å². The molecule has 5 nitrogen and oxygen atoms in total. The van der Waals surface area contributed by atoms with Crippen molar-refractivity contribution in [2.45, 2.75) is 6.92 Å². The molecule has 4 aromatic heterocycles. The van der Waals surface area contributed by atoms with Gasteiger partial charge in [0.1, 0.15) is 0 Å². The Morgan fingerprint density at radius 1 is 0.636 bits per heavy atom. The third-order valence-electron chi connectivity index (χ3n) is 9.45. The summed E-state index contributed by atoms with van der Waals surface area (Å²) >= 11 is 0. The van der Waals surface area contributed by atoms with E-state index in [2.05, 4.69) is 126 Å². The molecule has 0 amide bonds. The third kappa shape index (κ3) is 7.09. The van der Waals surface area contributed by atoms with Gasteiger partial charge in [0.05, 0.1) is 35.1 Å². The first-order chi connectivity index (χ1) is 26.7. The Bertz CT molecular complexity index is 2710. The van der Waals surface area contributed by atoms with Gasteiger partial charge in [0, 0.05) is 54.8 Å². The minimum absolute atomic E-state index is 0. The minimum atomic E-state index is 0. The van der Waals surface area contributed by atoms with Gasteiger partial charge in [-0.15, -0.1) is 35.9 Å². The molecule has 0 saturated heterocycles. The Labute approximate surface area is 332 Å². The predicted octanol–water partition coefficient (Wildman–Crippen LogP) is 12.7. The van der Waals surface area contributed by atoms with Crippen LogP contribution in [-0.2, 0) is 20.1 Å². The van der Waals surface area contributed by atoms with Gasteiger partial charge in [-0.05, 0) is 71.3 Å². The molecule has 10 aromatic rings. The number of benzene rings is 6. The minimum Gasteiger partial charge on any atom is -0.557 e. The van der Waals surface area contributed by atoms with Crippen LogP contribution >= 0.6 is 0 Å². The van der Waals surface area contributed by atoms with Gasteiger partial charge in [0.2, 0.25) is 0 Å². The van der Waals surface area contributed by atoms with Crippen LogP contribution in [0.1, 0.15) is 5.56 Å². The van der Waals surface area contributed by atoms with E-state index < -0.39 is 0 Å².